The van der Waals surface area contributed by atoms with Crippen LogP contribution in [0.2, 0.25) is 0 Å². The second-order valence-electron chi connectivity index (χ2n) is 8.62. The number of benzene rings is 3. The highest BCUT2D eigenvalue weighted by molar-refractivity contribution is 5.49. The van der Waals surface area contributed by atoms with Gasteiger partial charge in [-0.2, -0.15) is 0 Å². The van der Waals surface area contributed by atoms with Crippen molar-refractivity contribution in [2.45, 2.75) is 65.2 Å². The lowest BCUT2D eigenvalue weighted by Crippen LogP contribution is -1.93. The summed E-state index contributed by atoms with van der Waals surface area (Å²) in [4.78, 5) is 0. The number of halogens is 2. The van der Waals surface area contributed by atoms with Crippen molar-refractivity contribution in [2.75, 3.05) is 0 Å². The molecule has 0 aliphatic rings. The largest absolute Gasteiger partial charge is 0.205 e. The molecule has 174 valence electrons. The summed E-state index contributed by atoms with van der Waals surface area (Å²) < 4.78 is 29.1. The first-order valence-electron chi connectivity index (χ1n) is 12.3. The normalized spacial score (nSPS) is 10.2. The van der Waals surface area contributed by atoms with Crippen LogP contribution in [0.3, 0.4) is 0 Å². The van der Waals surface area contributed by atoms with Crippen LogP contribution in [-0.2, 0) is 12.8 Å². The molecule has 0 amide bonds. The lowest BCUT2D eigenvalue weighted by atomic mass is 10.0. The highest BCUT2D eigenvalue weighted by Gasteiger charge is 2.08. The van der Waals surface area contributed by atoms with Gasteiger partial charge in [0, 0.05) is 16.7 Å². The number of hydrogen-bond acceptors (Lipinski definition) is 0. The second-order valence-corrected chi connectivity index (χ2v) is 8.62. The van der Waals surface area contributed by atoms with E-state index >= 15 is 0 Å². The van der Waals surface area contributed by atoms with E-state index in [1.807, 2.05) is 36.4 Å². The first-order valence-corrected chi connectivity index (χ1v) is 12.3. The molecule has 0 atom stereocenters. The molecular weight excluding hydrogens is 422 g/mol. The summed E-state index contributed by atoms with van der Waals surface area (Å²) in [5, 5.41) is 0. The van der Waals surface area contributed by atoms with Gasteiger partial charge in [0.1, 0.15) is 11.6 Å². The van der Waals surface area contributed by atoms with Gasteiger partial charge >= 0.3 is 0 Å². The molecule has 34 heavy (non-hydrogen) atoms. The van der Waals surface area contributed by atoms with Gasteiger partial charge in [-0.15, -0.1) is 0 Å². The predicted molar refractivity (Wildman–Crippen MR) is 138 cm³/mol. The van der Waals surface area contributed by atoms with Crippen molar-refractivity contribution in [3.63, 3.8) is 0 Å². The Morgan fingerprint density at radius 2 is 1.00 bits per heavy atom. The van der Waals surface area contributed by atoms with Crippen molar-refractivity contribution >= 4 is 0 Å². The fourth-order valence-corrected chi connectivity index (χ4v) is 3.69. The third-order valence-corrected chi connectivity index (χ3v) is 5.77. The lowest BCUT2D eigenvalue weighted by Gasteiger charge is -2.01. The van der Waals surface area contributed by atoms with E-state index in [4.69, 9.17) is 0 Å². The number of aryl methyl sites for hydroxylation is 2. The van der Waals surface area contributed by atoms with Crippen molar-refractivity contribution in [3.8, 4) is 23.7 Å². The predicted octanol–water partition coefficient (Wildman–Crippen LogP) is 8.23. The highest BCUT2D eigenvalue weighted by atomic mass is 19.1. The van der Waals surface area contributed by atoms with E-state index in [1.165, 1.54) is 48.9 Å². The molecule has 0 unspecified atom stereocenters. The zero-order chi connectivity index (χ0) is 24.2. The van der Waals surface area contributed by atoms with E-state index in [-0.39, 0.29) is 5.56 Å². The fourth-order valence-electron chi connectivity index (χ4n) is 3.69. The van der Waals surface area contributed by atoms with E-state index in [2.05, 4.69) is 49.7 Å². The SMILES string of the molecule is CCCCCCc1ccc(C#Cc2cc(F)c(C#Cc3ccc(CCCC)cc3)c(F)c2)cc1. The van der Waals surface area contributed by atoms with Crippen LogP contribution in [0.15, 0.2) is 60.7 Å². The van der Waals surface area contributed by atoms with Crippen molar-refractivity contribution in [2.24, 2.45) is 0 Å². The fraction of sp³-hybridized carbons (Fsp3) is 0.312. The van der Waals surface area contributed by atoms with E-state index < -0.39 is 11.6 Å². The molecule has 0 N–H and O–H groups in total. The molecule has 2 heteroatoms. The monoisotopic (exact) mass is 454 g/mol. The first-order chi connectivity index (χ1) is 16.6. The maximum absolute atomic E-state index is 14.6. The Labute approximate surface area is 203 Å². The number of unbranched alkanes of at least 4 members (excludes halogenated alkanes) is 4. The molecule has 0 fully saturated rings. The van der Waals surface area contributed by atoms with Crippen LogP contribution < -0.4 is 0 Å². The maximum atomic E-state index is 14.6. The molecule has 0 aliphatic carbocycles. The average molecular weight is 455 g/mol. The molecular formula is C32H32F2. The minimum absolute atomic E-state index is 0.229. The van der Waals surface area contributed by atoms with Gasteiger partial charge in [-0.05, 0) is 73.2 Å². The molecule has 0 aromatic heterocycles. The van der Waals surface area contributed by atoms with Gasteiger partial charge in [-0.3, -0.25) is 0 Å². The Hall–Kier alpha value is -3.36. The molecule has 0 saturated heterocycles. The van der Waals surface area contributed by atoms with Crippen LogP contribution in [0.25, 0.3) is 0 Å². The molecule has 0 aliphatic heterocycles. The van der Waals surface area contributed by atoms with E-state index in [1.54, 1.807) is 0 Å². The summed E-state index contributed by atoms with van der Waals surface area (Å²) in [5.74, 6) is 9.98. The van der Waals surface area contributed by atoms with Crippen LogP contribution in [0.1, 0.15) is 85.8 Å². The zero-order valence-electron chi connectivity index (χ0n) is 20.2. The summed E-state index contributed by atoms with van der Waals surface area (Å²) in [5.41, 5.74) is 4.16. The summed E-state index contributed by atoms with van der Waals surface area (Å²) in [6.07, 6.45) is 9.32. The van der Waals surface area contributed by atoms with Gasteiger partial charge in [0.05, 0.1) is 5.56 Å². The van der Waals surface area contributed by atoms with Crippen LogP contribution in [0.4, 0.5) is 8.78 Å². The molecule has 0 radical (unpaired) electrons. The molecule has 0 heterocycles. The summed E-state index contributed by atoms with van der Waals surface area (Å²) in [6.45, 7) is 4.37. The third-order valence-electron chi connectivity index (χ3n) is 5.77. The van der Waals surface area contributed by atoms with Crippen molar-refractivity contribution in [1.82, 2.24) is 0 Å². The summed E-state index contributed by atoms with van der Waals surface area (Å²) >= 11 is 0. The first kappa shape index (κ1) is 25.3. The van der Waals surface area contributed by atoms with Gasteiger partial charge < -0.3 is 0 Å². The molecule has 3 aromatic carbocycles. The number of rotatable bonds is 8. The Morgan fingerprint density at radius 3 is 1.53 bits per heavy atom. The van der Waals surface area contributed by atoms with Crippen LogP contribution in [-0.4, -0.2) is 0 Å². The minimum atomic E-state index is -0.696. The number of hydrogen-bond donors (Lipinski definition) is 0. The average Bonchev–Trinajstić information content (AvgIpc) is 2.85. The summed E-state index contributed by atoms with van der Waals surface area (Å²) in [6, 6.07) is 18.4. The van der Waals surface area contributed by atoms with Crippen LogP contribution in [0, 0.1) is 35.3 Å². The minimum Gasteiger partial charge on any atom is -0.205 e. The standard InChI is InChI=1S/C32H32F2/c1-3-5-7-8-10-26-13-15-27(16-14-26)19-20-29-23-31(33)30(32(34)24-29)22-21-28-17-11-25(12-18-28)9-6-4-2/h11-18,23-24H,3-10H2,1-2H3. The Morgan fingerprint density at radius 1 is 0.529 bits per heavy atom. The Balaban J connectivity index is 1.66. The van der Waals surface area contributed by atoms with Crippen molar-refractivity contribution in [1.29, 1.82) is 0 Å². The van der Waals surface area contributed by atoms with Crippen molar-refractivity contribution < 1.29 is 8.78 Å². The maximum Gasteiger partial charge on any atom is 0.143 e. The smallest absolute Gasteiger partial charge is 0.143 e. The molecule has 3 aromatic rings. The highest BCUT2D eigenvalue weighted by Crippen LogP contribution is 2.15. The zero-order valence-corrected chi connectivity index (χ0v) is 20.2. The third kappa shape index (κ3) is 7.90. The van der Waals surface area contributed by atoms with Crippen LogP contribution in [0.5, 0.6) is 0 Å². The van der Waals surface area contributed by atoms with Gasteiger partial charge in [-0.1, -0.05) is 87.5 Å². The van der Waals surface area contributed by atoms with E-state index in [9.17, 15) is 8.78 Å². The topological polar surface area (TPSA) is 0 Å². The van der Waals surface area contributed by atoms with E-state index in [0.717, 1.165) is 36.8 Å². The van der Waals surface area contributed by atoms with Gasteiger partial charge in [-0.25, -0.2) is 8.78 Å². The molecule has 0 saturated carbocycles. The van der Waals surface area contributed by atoms with Crippen molar-refractivity contribution in [3.05, 3.63) is 106 Å². The quantitative estimate of drug-likeness (QED) is 0.237. The van der Waals surface area contributed by atoms with Gasteiger partial charge in [0.15, 0.2) is 0 Å². The second kappa shape index (κ2) is 13.4. The molecule has 3 rings (SSSR count). The Kier molecular flexibility index (Phi) is 9.94. The van der Waals surface area contributed by atoms with Gasteiger partial charge in [0.2, 0.25) is 0 Å². The molecule has 0 nitrogen and oxygen atoms in total. The molecule has 0 spiro atoms. The van der Waals surface area contributed by atoms with Crippen LogP contribution >= 0.6 is 0 Å². The summed E-state index contributed by atoms with van der Waals surface area (Å²) in [7, 11) is 0. The van der Waals surface area contributed by atoms with E-state index in [0.29, 0.717) is 5.56 Å². The lowest BCUT2D eigenvalue weighted by molar-refractivity contribution is 0.577. The Bertz CT molecular complexity index is 1160. The van der Waals surface area contributed by atoms with Gasteiger partial charge in [0.25, 0.3) is 0 Å². The molecule has 0 bridgehead atoms.